The summed E-state index contributed by atoms with van der Waals surface area (Å²) in [5.41, 5.74) is -2.65. The second-order valence-corrected chi connectivity index (χ2v) is 12.9. The highest BCUT2D eigenvalue weighted by atomic mass is 16.8. The van der Waals surface area contributed by atoms with Crippen molar-refractivity contribution in [2.45, 2.75) is 95.9 Å². The first-order valence-corrected chi connectivity index (χ1v) is 12.7. The van der Waals surface area contributed by atoms with E-state index in [0.29, 0.717) is 0 Å². The molecule has 2 saturated carbocycles. The van der Waals surface area contributed by atoms with Gasteiger partial charge in [0, 0.05) is 0 Å². The minimum Gasteiger partial charge on any atom is -0.459 e. The Morgan fingerprint density at radius 3 is 2.38 bits per heavy atom. The molecule has 4 N–H and O–H groups in total. The van der Waals surface area contributed by atoms with E-state index in [0.717, 1.165) is 0 Å². The van der Waals surface area contributed by atoms with Gasteiger partial charge < -0.3 is 39.6 Å². The van der Waals surface area contributed by atoms with Gasteiger partial charge in [0.25, 0.3) is 0 Å². The van der Waals surface area contributed by atoms with Crippen LogP contribution in [-0.2, 0) is 42.9 Å². The minimum atomic E-state index is -2.35. The zero-order valence-electron chi connectivity index (χ0n) is 21.5. The summed E-state index contributed by atoms with van der Waals surface area (Å²) in [6.45, 7) is 10.5. The van der Waals surface area contributed by atoms with E-state index in [1.807, 2.05) is 20.8 Å². The number of nitrogens with two attached hydrogens (primary N) is 1. The zero-order valence-corrected chi connectivity index (χ0v) is 21.5. The summed E-state index contributed by atoms with van der Waals surface area (Å²) in [5.74, 6) is -5.78. The molecule has 4 heterocycles. The Labute approximate surface area is 213 Å². The number of rotatable bonds is 3. The van der Waals surface area contributed by atoms with Crippen LogP contribution in [0, 0.1) is 34.0 Å². The molecule has 12 heteroatoms. The number of fused-ring (bicyclic) bond motifs is 1. The first-order chi connectivity index (χ1) is 17.1. The molecule has 6 aliphatic rings. The normalized spacial score (nSPS) is 51.8. The van der Waals surface area contributed by atoms with Gasteiger partial charge in [-0.05, 0) is 30.6 Å². The number of carbonyl (C=O) groups excluding carboxylic acids is 4. The van der Waals surface area contributed by atoms with Crippen molar-refractivity contribution in [1.82, 2.24) is 0 Å². The smallest absolute Gasteiger partial charge is 0.343 e. The quantitative estimate of drug-likeness (QED) is 0.309. The summed E-state index contributed by atoms with van der Waals surface area (Å²) < 4.78 is 29.3. The van der Waals surface area contributed by atoms with Gasteiger partial charge in [-0.25, -0.2) is 9.59 Å². The molecule has 2 aliphatic carbocycles. The molecule has 4 aliphatic heterocycles. The van der Waals surface area contributed by atoms with Gasteiger partial charge in [-0.15, -0.1) is 0 Å². The minimum absolute atomic E-state index is 0.167. The van der Waals surface area contributed by atoms with E-state index in [9.17, 15) is 29.4 Å². The predicted molar refractivity (Wildman–Crippen MR) is 119 cm³/mol. The molecule has 0 amide bonds. The molecule has 0 aromatic carbocycles. The number of aliphatic hydroxyl groups excluding tert-OH is 1. The highest BCUT2D eigenvalue weighted by molar-refractivity contribution is 5.94. The van der Waals surface area contributed by atoms with E-state index in [2.05, 4.69) is 0 Å². The lowest BCUT2D eigenvalue weighted by molar-refractivity contribution is -0.240. The summed E-state index contributed by atoms with van der Waals surface area (Å²) in [6.07, 6.45) is -7.21. The van der Waals surface area contributed by atoms with E-state index in [1.54, 1.807) is 13.8 Å². The van der Waals surface area contributed by atoms with Crippen molar-refractivity contribution in [3.63, 3.8) is 0 Å². The number of aliphatic hydroxyl groups is 2. The first kappa shape index (κ1) is 25.0. The third-order valence-corrected chi connectivity index (χ3v) is 10.2. The van der Waals surface area contributed by atoms with Gasteiger partial charge >= 0.3 is 23.9 Å². The van der Waals surface area contributed by atoms with Gasteiger partial charge in [-0.2, -0.15) is 0 Å². The maximum absolute atomic E-state index is 13.8. The van der Waals surface area contributed by atoms with Crippen LogP contribution in [0.5, 0.6) is 0 Å². The standard InChI is InChI=1S/C25H33NO11/c1-8(2)12(26)17(29)34-14-15-24(32,9(3)16(28)35-15)25-19(31)33-11-7-10(21(4,5)6)22(23(11,14)25)13(27)18(30)36-20(22)37-25/h8-15,20,27,32H,7,26H2,1-6H3/t9-,10?,11?,12+,13+,14+,15?,20?,22?,23?,24-,25?/m1/s1. The van der Waals surface area contributed by atoms with E-state index in [4.69, 9.17) is 29.4 Å². The monoisotopic (exact) mass is 523 g/mol. The lowest BCUT2D eigenvalue weighted by Gasteiger charge is -2.48. The fourth-order valence-corrected chi connectivity index (χ4v) is 8.71. The molecular weight excluding hydrogens is 490 g/mol. The Hall–Kier alpha value is -2.28. The van der Waals surface area contributed by atoms with Crippen LogP contribution < -0.4 is 5.73 Å². The Balaban J connectivity index is 1.67. The second kappa shape index (κ2) is 6.83. The molecule has 0 radical (unpaired) electrons. The van der Waals surface area contributed by atoms with Crippen LogP contribution in [0.3, 0.4) is 0 Å². The average Bonchev–Trinajstić information content (AvgIpc) is 3.51. The van der Waals surface area contributed by atoms with Gasteiger partial charge in [0.1, 0.15) is 17.6 Å². The largest absolute Gasteiger partial charge is 0.459 e. The molecule has 204 valence electrons. The number of hydrogen-bond acceptors (Lipinski definition) is 12. The van der Waals surface area contributed by atoms with Crippen LogP contribution in [0.1, 0.15) is 48.0 Å². The predicted octanol–water partition coefficient (Wildman–Crippen LogP) is -0.835. The van der Waals surface area contributed by atoms with Crippen molar-refractivity contribution in [3.05, 3.63) is 0 Å². The molecule has 0 aromatic rings. The lowest BCUT2D eigenvalue weighted by Crippen LogP contribution is -2.67. The molecule has 37 heavy (non-hydrogen) atoms. The molecule has 12 nitrogen and oxygen atoms in total. The van der Waals surface area contributed by atoms with Crippen molar-refractivity contribution in [2.24, 2.45) is 39.7 Å². The Morgan fingerprint density at radius 1 is 1.14 bits per heavy atom. The van der Waals surface area contributed by atoms with Crippen molar-refractivity contribution in [2.75, 3.05) is 0 Å². The van der Waals surface area contributed by atoms with Gasteiger partial charge in [-0.1, -0.05) is 34.6 Å². The molecule has 12 atom stereocenters. The van der Waals surface area contributed by atoms with E-state index in [-0.39, 0.29) is 12.3 Å². The fourth-order valence-electron chi connectivity index (χ4n) is 8.71. The van der Waals surface area contributed by atoms with Crippen LogP contribution in [0.4, 0.5) is 0 Å². The number of carbonyl (C=O) groups is 4. The van der Waals surface area contributed by atoms with Crippen molar-refractivity contribution >= 4 is 23.9 Å². The van der Waals surface area contributed by atoms with Crippen LogP contribution >= 0.6 is 0 Å². The average molecular weight is 524 g/mol. The zero-order chi connectivity index (χ0) is 27.2. The Bertz CT molecular complexity index is 1130. The van der Waals surface area contributed by atoms with Gasteiger partial charge in [-0.3, -0.25) is 9.59 Å². The topological polar surface area (TPSA) is 181 Å². The van der Waals surface area contributed by atoms with Crippen molar-refractivity contribution in [3.8, 4) is 0 Å². The van der Waals surface area contributed by atoms with E-state index < -0.39 is 99.9 Å². The summed E-state index contributed by atoms with van der Waals surface area (Å²) in [4.78, 5) is 52.9. The number of hydrogen-bond donors (Lipinski definition) is 3. The molecule has 6 rings (SSSR count). The third-order valence-electron chi connectivity index (χ3n) is 10.2. The van der Waals surface area contributed by atoms with E-state index >= 15 is 0 Å². The maximum atomic E-state index is 13.8. The van der Waals surface area contributed by atoms with Crippen molar-refractivity contribution in [1.29, 1.82) is 0 Å². The maximum Gasteiger partial charge on any atom is 0.343 e. The second-order valence-electron chi connectivity index (χ2n) is 12.9. The first-order valence-electron chi connectivity index (χ1n) is 12.7. The summed E-state index contributed by atoms with van der Waals surface area (Å²) in [5, 5.41) is 23.9. The van der Waals surface area contributed by atoms with Gasteiger partial charge in [0.15, 0.2) is 23.9 Å². The molecule has 2 spiro atoms. The van der Waals surface area contributed by atoms with Crippen LogP contribution in [0.25, 0.3) is 0 Å². The Morgan fingerprint density at radius 2 is 1.78 bits per heavy atom. The van der Waals surface area contributed by atoms with Gasteiger partial charge in [0.05, 0.1) is 11.3 Å². The van der Waals surface area contributed by atoms with Crippen LogP contribution in [0.15, 0.2) is 0 Å². The van der Waals surface area contributed by atoms with Crippen LogP contribution in [-0.4, -0.2) is 82.0 Å². The summed E-state index contributed by atoms with van der Waals surface area (Å²) in [7, 11) is 0. The van der Waals surface area contributed by atoms with Gasteiger partial charge in [0.2, 0.25) is 11.9 Å². The molecule has 4 saturated heterocycles. The number of ether oxygens (including phenoxy) is 5. The summed E-state index contributed by atoms with van der Waals surface area (Å²) >= 11 is 0. The Kier molecular flexibility index (Phi) is 4.62. The van der Waals surface area contributed by atoms with Crippen molar-refractivity contribution < 1.29 is 53.1 Å². The SMILES string of the molecule is CC(C)[C@H](N)C(=O)O[C@H]1C2OC(=O)[C@@H](C)[C@]2(O)C23OC4OC(=O)[C@H](O)C45C(C(C)(C)C)CC(OC2=O)C153. The summed E-state index contributed by atoms with van der Waals surface area (Å²) in [6, 6.07) is -1.08. The molecule has 0 aromatic heterocycles. The number of esters is 4. The lowest BCUT2D eigenvalue weighted by atomic mass is 9.51. The molecule has 6 fully saturated rings. The molecule has 0 bridgehead atoms. The fraction of sp³-hybridized carbons (Fsp3) is 0.840. The van der Waals surface area contributed by atoms with Crippen LogP contribution in [0.2, 0.25) is 0 Å². The molecular formula is C25H33NO11. The highest BCUT2D eigenvalue weighted by Crippen LogP contribution is 2.85. The highest BCUT2D eigenvalue weighted by Gasteiger charge is 3.04. The van der Waals surface area contributed by atoms with E-state index in [1.165, 1.54) is 6.92 Å². The molecule has 7 unspecified atom stereocenters. The third kappa shape index (κ3) is 2.22.